The fourth-order valence-corrected chi connectivity index (χ4v) is 0.926. The molecule has 0 aliphatic rings. The lowest BCUT2D eigenvalue weighted by atomic mass is 10.2. The number of carbonyl (C=O) groups excluding carboxylic acids is 1. The monoisotopic (exact) mass is 194 g/mol. The molecule has 1 aromatic heterocycles. The van der Waals surface area contributed by atoms with Crippen molar-refractivity contribution < 1.29 is 9.18 Å². The van der Waals surface area contributed by atoms with Gasteiger partial charge in [-0.2, -0.15) is 0 Å². The number of pyridine rings is 1. The molecule has 4 heteroatoms. The summed E-state index contributed by atoms with van der Waals surface area (Å²) in [5.41, 5.74) is 0.231. The van der Waals surface area contributed by atoms with Crippen LogP contribution in [0.25, 0.3) is 0 Å². The molecule has 0 aliphatic carbocycles. The van der Waals surface area contributed by atoms with Crippen molar-refractivity contribution in [3.8, 4) is 0 Å². The summed E-state index contributed by atoms with van der Waals surface area (Å²) in [4.78, 5) is 14.9. The third kappa shape index (κ3) is 2.97. The lowest BCUT2D eigenvalue weighted by molar-refractivity contribution is 0.0953. The largest absolute Gasteiger partial charge is 0.352 e. The number of nitrogens with one attached hydrogen (secondary N) is 1. The number of aromatic nitrogens is 1. The Morgan fingerprint density at radius 2 is 2.43 bits per heavy atom. The van der Waals surface area contributed by atoms with Gasteiger partial charge in [-0.05, 0) is 12.5 Å². The van der Waals surface area contributed by atoms with Crippen LogP contribution in [0.5, 0.6) is 0 Å². The van der Waals surface area contributed by atoms with E-state index in [0.29, 0.717) is 13.0 Å². The van der Waals surface area contributed by atoms with Crippen LogP contribution in [0, 0.1) is 5.82 Å². The van der Waals surface area contributed by atoms with Crippen LogP contribution in [0.2, 0.25) is 0 Å². The van der Waals surface area contributed by atoms with Gasteiger partial charge in [0.1, 0.15) is 5.82 Å². The van der Waals surface area contributed by atoms with Gasteiger partial charge in [0.05, 0.1) is 11.8 Å². The second-order valence-electron chi connectivity index (χ2n) is 2.73. The summed E-state index contributed by atoms with van der Waals surface area (Å²) in [7, 11) is 0. The number of halogens is 1. The second kappa shape index (κ2) is 5.11. The molecule has 0 spiro atoms. The van der Waals surface area contributed by atoms with Gasteiger partial charge in [-0.15, -0.1) is 6.58 Å². The van der Waals surface area contributed by atoms with Gasteiger partial charge in [-0.25, -0.2) is 4.39 Å². The maximum atomic E-state index is 12.7. The zero-order chi connectivity index (χ0) is 10.4. The Kier molecular flexibility index (Phi) is 3.79. The smallest absolute Gasteiger partial charge is 0.252 e. The molecule has 1 N–H and O–H groups in total. The first-order chi connectivity index (χ1) is 6.74. The predicted octanol–water partition coefficient (Wildman–Crippen LogP) is 1.53. The van der Waals surface area contributed by atoms with Gasteiger partial charge in [-0.3, -0.25) is 9.78 Å². The van der Waals surface area contributed by atoms with E-state index in [9.17, 15) is 9.18 Å². The highest BCUT2D eigenvalue weighted by Crippen LogP contribution is 2.00. The average Bonchev–Trinajstić information content (AvgIpc) is 2.18. The van der Waals surface area contributed by atoms with E-state index >= 15 is 0 Å². The van der Waals surface area contributed by atoms with Crippen LogP contribution < -0.4 is 5.32 Å². The topological polar surface area (TPSA) is 42.0 Å². The Morgan fingerprint density at radius 3 is 3.07 bits per heavy atom. The number of amides is 1. The van der Waals surface area contributed by atoms with Crippen molar-refractivity contribution in [2.45, 2.75) is 6.42 Å². The summed E-state index contributed by atoms with van der Waals surface area (Å²) in [5, 5.41) is 2.61. The molecule has 74 valence electrons. The SMILES string of the molecule is C=CCCNC(=O)c1cncc(F)c1. The van der Waals surface area contributed by atoms with Crippen LogP contribution in [-0.2, 0) is 0 Å². The normalized spacial score (nSPS) is 9.50. The van der Waals surface area contributed by atoms with E-state index in [1.807, 2.05) is 0 Å². The number of rotatable bonds is 4. The third-order valence-corrected chi connectivity index (χ3v) is 1.60. The summed E-state index contributed by atoms with van der Waals surface area (Å²) >= 11 is 0. The van der Waals surface area contributed by atoms with Gasteiger partial charge in [0.25, 0.3) is 5.91 Å². The van der Waals surface area contributed by atoms with E-state index in [1.54, 1.807) is 6.08 Å². The summed E-state index contributed by atoms with van der Waals surface area (Å²) in [6, 6.07) is 1.15. The third-order valence-electron chi connectivity index (χ3n) is 1.60. The number of carbonyl (C=O) groups is 1. The zero-order valence-electron chi connectivity index (χ0n) is 7.66. The van der Waals surface area contributed by atoms with Gasteiger partial charge in [0, 0.05) is 12.7 Å². The van der Waals surface area contributed by atoms with Gasteiger partial charge >= 0.3 is 0 Å². The Hall–Kier alpha value is -1.71. The fraction of sp³-hybridized carbons (Fsp3) is 0.200. The van der Waals surface area contributed by atoms with Crippen LogP contribution >= 0.6 is 0 Å². The Morgan fingerprint density at radius 1 is 1.64 bits per heavy atom. The van der Waals surface area contributed by atoms with E-state index in [1.165, 1.54) is 6.20 Å². The second-order valence-corrected chi connectivity index (χ2v) is 2.73. The highest BCUT2D eigenvalue weighted by molar-refractivity contribution is 5.93. The quantitative estimate of drug-likeness (QED) is 0.583. The van der Waals surface area contributed by atoms with Crippen LogP contribution in [0.3, 0.4) is 0 Å². The first-order valence-corrected chi connectivity index (χ1v) is 4.23. The van der Waals surface area contributed by atoms with Gasteiger partial charge in [-0.1, -0.05) is 6.08 Å². The Labute approximate surface area is 81.7 Å². The average molecular weight is 194 g/mol. The molecule has 1 amide bonds. The summed E-state index contributed by atoms with van der Waals surface area (Å²) < 4.78 is 12.7. The number of hydrogen-bond acceptors (Lipinski definition) is 2. The fourth-order valence-electron chi connectivity index (χ4n) is 0.926. The molecule has 0 aliphatic heterocycles. The molecule has 14 heavy (non-hydrogen) atoms. The molecular weight excluding hydrogens is 183 g/mol. The number of hydrogen-bond donors (Lipinski definition) is 1. The highest BCUT2D eigenvalue weighted by atomic mass is 19.1. The lowest BCUT2D eigenvalue weighted by Crippen LogP contribution is -2.24. The molecule has 0 aromatic carbocycles. The van der Waals surface area contributed by atoms with E-state index in [2.05, 4.69) is 16.9 Å². The minimum Gasteiger partial charge on any atom is -0.352 e. The molecule has 0 saturated heterocycles. The van der Waals surface area contributed by atoms with Crippen LogP contribution in [0.4, 0.5) is 4.39 Å². The minimum absolute atomic E-state index is 0.231. The van der Waals surface area contributed by atoms with Crippen LogP contribution in [0.1, 0.15) is 16.8 Å². The Bertz CT molecular complexity index is 339. The van der Waals surface area contributed by atoms with Crippen molar-refractivity contribution in [1.82, 2.24) is 10.3 Å². The van der Waals surface area contributed by atoms with Gasteiger partial charge in [0.2, 0.25) is 0 Å². The van der Waals surface area contributed by atoms with Crippen LogP contribution in [-0.4, -0.2) is 17.4 Å². The molecule has 0 saturated carbocycles. The highest BCUT2D eigenvalue weighted by Gasteiger charge is 2.05. The van der Waals surface area contributed by atoms with E-state index in [4.69, 9.17) is 0 Å². The molecule has 1 rings (SSSR count). The van der Waals surface area contributed by atoms with Crippen molar-refractivity contribution in [3.05, 3.63) is 42.5 Å². The van der Waals surface area contributed by atoms with Crippen molar-refractivity contribution in [2.75, 3.05) is 6.54 Å². The first-order valence-electron chi connectivity index (χ1n) is 4.23. The molecule has 0 unspecified atom stereocenters. The first kappa shape index (κ1) is 10.4. The van der Waals surface area contributed by atoms with Crippen molar-refractivity contribution in [1.29, 1.82) is 0 Å². The van der Waals surface area contributed by atoms with Crippen molar-refractivity contribution in [3.63, 3.8) is 0 Å². The molecular formula is C10H11FN2O. The lowest BCUT2D eigenvalue weighted by Gasteiger charge is -2.02. The predicted molar refractivity (Wildman–Crippen MR) is 51.3 cm³/mol. The van der Waals surface area contributed by atoms with E-state index < -0.39 is 5.82 Å². The standard InChI is InChI=1S/C10H11FN2O/c1-2-3-4-13-10(14)8-5-9(11)7-12-6-8/h2,5-7H,1,3-4H2,(H,13,14). The Balaban J connectivity index is 2.56. The van der Waals surface area contributed by atoms with Gasteiger partial charge < -0.3 is 5.32 Å². The summed E-state index contributed by atoms with van der Waals surface area (Å²) in [6.07, 6.45) is 4.77. The van der Waals surface area contributed by atoms with E-state index in [-0.39, 0.29) is 11.5 Å². The molecule has 3 nitrogen and oxygen atoms in total. The molecule has 1 heterocycles. The van der Waals surface area contributed by atoms with E-state index in [0.717, 1.165) is 12.3 Å². The molecule has 0 radical (unpaired) electrons. The van der Waals surface area contributed by atoms with Gasteiger partial charge in [0.15, 0.2) is 0 Å². The molecule has 0 fully saturated rings. The maximum absolute atomic E-state index is 12.7. The minimum atomic E-state index is -0.513. The summed E-state index contributed by atoms with van der Waals surface area (Å²) in [6.45, 7) is 4.02. The maximum Gasteiger partial charge on any atom is 0.252 e. The summed E-state index contributed by atoms with van der Waals surface area (Å²) in [5.74, 6) is -0.833. The molecule has 0 atom stereocenters. The molecule has 0 bridgehead atoms. The van der Waals surface area contributed by atoms with Crippen molar-refractivity contribution >= 4 is 5.91 Å². The van der Waals surface area contributed by atoms with Crippen molar-refractivity contribution in [2.24, 2.45) is 0 Å². The number of nitrogens with zero attached hydrogens (tertiary/aromatic N) is 1. The molecule has 1 aromatic rings. The van der Waals surface area contributed by atoms with Crippen LogP contribution in [0.15, 0.2) is 31.1 Å². The zero-order valence-corrected chi connectivity index (χ0v) is 7.66.